The average molecular weight is 783 g/mol. The summed E-state index contributed by atoms with van der Waals surface area (Å²) in [5.74, 6) is -2.70. The minimum absolute atomic E-state index is 0. The fraction of sp³-hybridized carbons (Fsp3) is 0.0952. The van der Waals surface area contributed by atoms with Gasteiger partial charge in [0, 0.05) is 55.4 Å². The number of pyridine rings is 4. The van der Waals surface area contributed by atoms with E-state index in [-0.39, 0.29) is 50.6 Å². The number of aromatic carboxylic acids is 2. The SMILES string of the molecule is Cc1ccc2ccc3ccc(C)nc3c2n1.Cc1ccc2ccc3ccc(C)nc3c2n1.O.O=C([O-])c1cccc(O)c1.O=C([O-])c1cccc(O)c1.[Mn+2].[OH3+]. The molecule has 7 N–H and O–H groups in total. The van der Waals surface area contributed by atoms with Crippen molar-refractivity contribution in [2.75, 3.05) is 0 Å². The summed E-state index contributed by atoms with van der Waals surface area (Å²) < 4.78 is 0. The molecule has 0 bridgehead atoms. The fourth-order valence-corrected chi connectivity index (χ4v) is 5.19. The van der Waals surface area contributed by atoms with E-state index in [1.54, 1.807) is 0 Å². The number of phenolic OH excluding ortho intramolecular Hbond substituents is 2. The van der Waals surface area contributed by atoms with Gasteiger partial charge < -0.3 is 41.0 Å². The van der Waals surface area contributed by atoms with Crippen LogP contribution in [-0.4, -0.2) is 47.6 Å². The van der Waals surface area contributed by atoms with Gasteiger partial charge in [0.25, 0.3) is 0 Å². The van der Waals surface area contributed by atoms with Gasteiger partial charge in [-0.3, -0.25) is 19.9 Å². The van der Waals surface area contributed by atoms with Gasteiger partial charge in [-0.1, -0.05) is 72.8 Å². The summed E-state index contributed by atoms with van der Waals surface area (Å²) in [6, 6.07) is 35.6. The van der Waals surface area contributed by atoms with Crippen molar-refractivity contribution in [3.63, 3.8) is 0 Å². The molecule has 0 saturated heterocycles. The van der Waals surface area contributed by atoms with Crippen molar-refractivity contribution in [1.29, 1.82) is 0 Å². The molecule has 0 saturated carbocycles. The Kier molecular flexibility index (Phi) is 16.3. The van der Waals surface area contributed by atoms with Crippen LogP contribution in [0.15, 0.2) is 121 Å². The van der Waals surface area contributed by atoms with Gasteiger partial charge in [-0.15, -0.1) is 0 Å². The maximum Gasteiger partial charge on any atom is 2.00 e. The van der Waals surface area contributed by atoms with E-state index in [0.717, 1.165) is 78.5 Å². The molecule has 8 aromatic rings. The van der Waals surface area contributed by atoms with E-state index in [0.29, 0.717) is 0 Å². The van der Waals surface area contributed by atoms with E-state index >= 15 is 0 Å². The number of aromatic hydroxyl groups is 2. The fourth-order valence-electron chi connectivity index (χ4n) is 5.19. The van der Waals surface area contributed by atoms with Crippen LogP contribution in [0, 0.1) is 27.7 Å². The molecule has 0 aliphatic heterocycles. The molecule has 8 rings (SSSR count). The third kappa shape index (κ3) is 11.7. The summed E-state index contributed by atoms with van der Waals surface area (Å²) in [5.41, 5.74) is 8.10. The normalized spacial score (nSPS) is 9.82. The molecule has 0 fully saturated rings. The third-order valence-corrected chi connectivity index (χ3v) is 7.76. The topological polar surface area (TPSA) is 237 Å². The molecule has 0 spiro atoms. The Bertz CT molecular complexity index is 2280. The third-order valence-electron chi connectivity index (χ3n) is 7.76. The second kappa shape index (κ2) is 20.1. The van der Waals surface area contributed by atoms with Crippen LogP contribution in [0.1, 0.15) is 43.5 Å². The van der Waals surface area contributed by atoms with Crippen LogP contribution in [0.3, 0.4) is 0 Å². The van der Waals surface area contributed by atoms with Gasteiger partial charge in [-0.2, -0.15) is 0 Å². The molecular formula is C42H39MnN4O8+. The van der Waals surface area contributed by atoms with Crippen LogP contribution >= 0.6 is 0 Å². The predicted octanol–water partition coefficient (Wildman–Crippen LogP) is 4.56. The van der Waals surface area contributed by atoms with Gasteiger partial charge in [0.2, 0.25) is 0 Å². The second-order valence-electron chi connectivity index (χ2n) is 11.9. The minimum Gasteiger partial charge on any atom is -0.545 e. The summed E-state index contributed by atoms with van der Waals surface area (Å²) in [4.78, 5) is 38.6. The summed E-state index contributed by atoms with van der Waals surface area (Å²) in [6.07, 6.45) is 0. The number of carboxylic acids is 2. The molecule has 0 unspecified atom stereocenters. The molecule has 0 amide bonds. The molecule has 0 aliphatic carbocycles. The quantitative estimate of drug-likeness (QED) is 0.141. The Morgan fingerprint density at radius 2 is 0.691 bits per heavy atom. The van der Waals surface area contributed by atoms with Crippen molar-refractivity contribution in [2.24, 2.45) is 0 Å². The molecular weight excluding hydrogens is 743 g/mol. The summed E-state index contributed by atoms with van der Waals surface area (Å²) in [6.45, 7) is 8.03. The number of carboxylic acid groups (broad SMARTS) is 2. The van der Waals surface area contributed by atoms with Crippen molar-refractivity contribution < 1.29 is 58.0 Å². The number of nitrogens with zero attached hydrogens (tertiary/aromatic N) is 4. The van der Waals surface area contributed by atoms with Crippen LogP contribution in [0.2, 0.25) is 0 Å². The van der Waals surface area contributed by atoms with Crippen LogP contribution in [0.4, 0.5) is 0 Å². The summed E-state index contributed by atoms with van der Waals surface area (Å²) in [7, 11) is 0. The van der Waals surface area contributed by atoms with Gasteiger partial charge in [-0.05, 0) is 76.2 Å². The Morgan fingerprint density at radius 3 is 0.891 bits per heavy atom. The molecule has 0 atom stereocenters. The zero-order chi connectivity index (χ0) is 37.4. The molecule has 4 aromatic carbocycles. The standard InChI is InChI=1S/2C14H12N2.2C7H6O3.Mn.2H2O/c2*1-9-3-5-11-7-8-12-6-4-10(2)16-14(12)13(11)15-9;2*8-6-3-1-2-5(4-6)7(9)10;;;/h2*3-8H,1-2H3;2*1-4,8H,(H,9,10);;2*1H2/q;;;;+2;;/p-1. The first kappa shape index (κ1) is 44.7. The first-order valence-corrected chi connectivity index (χ1v) is 16.2. The van der Waals surface area contributed by atoms with E-state index in [9.17, 15) is 19.8 Å². The molecule has 55 heavy (non-hydrogen) atoms. The zero-order valence-corrected chi connectivity index (χ0v) is 31.5. The van der Waals surface area contributed by atoms with E-state index < -0.39 is 11.9 Å². The number of aromatic nitrogens is 4. The number of rotatable bonds is 2. The maximum absolute atomic E-state index is 10.1. The van der Waals surface area contributed by atoms with Crippen LogP contribution in [0.5, 0.6) is 11.5 Å². The van der Waals surface area contributed by atoms with Crippen LogP contribution in [-0.2, 0) is 22.5 Å². The van der Waals surface area contributed by atoms with Crippen LogP contribution < -0.4 is 10.2 Å². The second-order valence-corrected chi connectivity index (χ2v) is 11.9. The molecule has 281 valence electrons. The van der Waals surface area contributed by atoms with Gasteiger partial charge in [0.05, 0.1) is 34.0 Å². The molecule has 12 nitrogen and oxygen atoms in total. The van der Waals surface area contributed by atoms with Crippen molar-refractivity contribution in [3.8, 4) is 11.5 Å². The smallest absolute Gasteiger partial charge is 0.545 e. The number of hydrogen-bond acceptors (Lipinski definition) is 10. The summed E-state index contributed by atoms with van der Waals surface area (Å²) >= 11 is 0. The first-order valence-electron chi connectivity index (χ1n) is 16.2. The van der Waals surface area contributed by atoms with E-state index in [2.05, 4.69) is 68.5 Å². The van der Waals surface area contributed by atoms with Gasteiger partial charge in [0.1, 0.15) is 11.5 Å². The Hall–Kier alpha value is -6.50. The monoisotopic (exact) mass is 782 g/mol. The Morgan fingerprint density at radius 1 is 0.455 bits per heavy atom. The Balaban J connectivity index is 0.000000255. The van der Waals surface area contributed by atoms with Gasteiger partial charge in [-0.25, -0.2) is 0 Å². The first-order chi connectivity index (χ1) is 24.9. The largest absolute Gasteiger partial charge is 2.00 e. The summed E-state index contributed by atoms with van der Waals surface area (Å²) in [5, 5.41) is 42.4. The van der Waals surface area contributed by atoms with E-state index in [1.165, 1.54) is 36.4 Å². The van der Waals surface area contributed by atoms with Crippen molar-refractivity contribution in [3.05, 3.63) is 155 Å². The predicted molar refractivity (Wildman–Crippen MR) is 206 cm³/mol. The number of carbonyl (C=O) groups excluding carboxylic acids is 2. The molecule has 0 aliphatic rings. The number of benzene rings is 4. The van der Waals surface area contributed by atoms with Crippen molar-refractivity contribution in [1.82, 2.24) is 19.9 Å². The van der Waals surface area contributed by atoms with E-state index in [4.69, 9.17) is 10.2 Å². The zero-order valence-electron chi connectivity index (χ0n) is 30.3. The maximum atomic E-state index is 10.1. The van der Waals surface area contributed by atoms with E-state index in [1.807, 2.05) is 52.0 Å². The number of aryl methyl sites for hydroxylation is 4. The number of fused-ring (bicyclic) bond motifs is 6. The Labute approximate surface area is 326 Å². The van der Waals surface area contributed by atoms with Crippen molar-refractivity contribution in [2.45, 2.75) is 27.7 Å². The minimum atomic E-state index is -1.28. The molecule has 4 heterocycles. The average Bonchev–Trinajstić information content (AvgIpc) is 3.12. The number of hydrogen-bond donors (Lipinski definition) is 2. The molecule has 13 heteroatoms. The van der Waals surface area contributed by atoms with Crippen molar-refractivity contribution >= 4 is 55.6 Å². The molecule has 1 radical (unpaired) electrons. The van der Waals surface area contributed by atoms with Gasteiger partial charge in [0.15, 0.2) is 0 Å². The van der Waals surface area contributed by atoms with Gasteiger partial charge >= 0.3 is 17.1 Å². The van der Waals surface area contributed by atoms with Crippen LogP contribution in [0.25, 0.3) is 43.6 Å². The number of phenols is 2. The molecule has 4 aromatic heterocycles. The number of carbonyl (C=O) groups is 2.